The van der Waals surface area contributed by atoms with E-state index in [0.717, 1.165) is 63.9 Å². The second-order valence-electron chi connectivity index (χ2n) is 7.91. The van der Waals surface area contributed by atoms with Gasteiger partial charge in [0.25, 0.3) is 0 Å². The lowest BCUT2D eigenvalue weighted by atomic mass is 9.95. The molecule has 2 saturated heterocycles. The van der Waals surface area contributed by atoms with E-state index in [1.54, 1.807) is 6.07 Å². The fraction of sp³-hybridized carbons (Fsp3) is 0.458. The first-order valence-electron chi connectivity index (χ1n) is 11.0. The van der Waals surface area contributed by atoms with Crippen LogP contribution in [0.4, 0.5) is 5.69 Å². The van der Waals surface area contributed by atoms with Crippen LogP contribution >= 0.6 is 0 Å². The molecule has 2 aliphatic rings. The molecular formula is C24H32N4O2. The van der Waals surface area contributed by atoms with E-state index in [1.165, 1.54) is 5.56 Å². The Morgan fingerprint density at radius 2 is 1.80 bits per heavy atom. The molecule has 2 unspecified atom stereocenters. The highest BCUT2D eigenvalue weighted by atomic mass is 16.5. The van der Waals surface area contributed by atoms with Crippen LogP contribution in [0.5, 0.6) is 5.75 Å². The Labute approximate surface area is 179 Å². The Bertz CT molecular complexity index is 834. The van der Waals surface area contributed by atoms with Crippen molar-refractivity contribution in [3.63, 3.8) is 0 Å². The number of benzene rings is 2. The number of hydrogen-bond acceptors (Lipinski definition) is 4. The highest BCUT2D eigenvalue weighted by Crippen LogP contribution is 2.34. The highest BCUT2D eigenvalue weighted by molar-refractivity contribution is 5.80. The summed E-state index contributed by atoms with van der Waals surface area (Å²) in [5, 5.41) is 13.6. The summed E-state index contributed by atoms with van der Waals surface area (Å²) in [5.41, 5.74) is 2.16. The number of phenolic OH excluding ortho intramolecular Hbond substituents is 1. The molecule has 0 bridgehead atoms. The lowest BCUT2D eigenvalue weighted by Gasteiger charge is -2.38. The van der Waals surface area contributed by atoms with Crippen molar-refractivity contribution in [1.82, 2.24) is 10.2 Å². The van der Waals surface area contributed by atoms with Gasteiger partial charge in [-0.25, -0.2) is 0 Å². The third kappa shape index (κ3) is 4.70. The normalized spacial score (nSPS) is 22.4. The van der Waals surface area contributed by atoms with Gasteiger partial charge in [-0.2, -0.15) is 0 Å². The maximum Gasteiger partial charge on any atom is 0.194 e. The Hall–Kier alpha value is -2.73. The van der Waals surface area contributed by atoms with Crippen molar-refractivity contribution in [3.05, 3.63) is 60.2 Å². The van der Waals surface area contributed by atoms with E-state index in [-0.39, 0.29) is 6.10 Å². The minimum absolute atomic E-state index is 0.135. The maximum absolute atomic E-state index is 10.1. The number of piperazine rings is 1. The smallest absolute Gasteiger partial charge is 0.194 e. The van der Waals surface area contributed by atoms with Gasteiger partial charge in [0.05, 0.1) is 11.8 Å². The summed E-state index contributed by atoms with van der Waals surface area (Å²) in [6.45, 7) is 8.01. The number of aliphatic imine (C=N–C) groups is 1. The lowest BCUT2D eigenvalue weighted by molar-refractivity contribution is 0.0925. The highest BCUT2D eigenvalue weighted by Gasteiger charge is 2.30. The summed E-state index contributed by atoms with van der Waals surface area (Å²) in [6.07, 6.45) is 1.18. The fourth-order valence-electron chi connectivity index (χ4n) is 4.35. The number of aromatic hydroxyl groups is 1. The zero-order chi connectivity index (χ0) is 20.8. The molecule has 2 atom stereocenters. The van der Waals surface area contributed by atoms with Crippen molar-refractivity contribution in [2.24, 2.45) is 10.9 Å². The quantitative estimate of drug-likeness (QED) is 0.587. The van der Waals surface area contributed by atoms with Gasteiger partial charge in [0.15, 0.2) is 5.96 Å². The van der Waals surface area contributed by atoms with Gasteiger partial charge in [0, 0.05) is 51.8 Å². The Morgan fingerprint density at radius 1 is 1.07 bits per heavy atom. The van der Waals surface area contributed by atoms with Crippen LogP contribution in [0, 0.1) is 5.92 Å². The molecule has 2 aliphatic heterocycles. The number of ether oxygens (including phenoxy) is 1. The van der Waals surface area contributed by atoms with Crippen LogP contribution < -0.4 is 10.2 Å². The third-order valence-corrected chi connectivity index (χ3v) is 5.95. The molecule has 0 amide bonds. The predicted octanol–water partition coefficient (Wildman–Crippen LogP) is 3.26. The van der Waals surface area contributed by atoms with Crippen molar-refractivity contribution >= 4 is 11.6 Å². The molecular weight excluding hydrogens is 376 g/mol. The van der Waals surface area contributed by atoms with Gasteiger partial charge in [-0.15, -0.1) is 0 Å². The number of guanidine groups is 1. The number of rotatable bonds is 5. The first kappa shape index (κ1) is 20.5. The average molecular weight is 409 g/mol. The molecule has 0 aromatic heterocycles. The van der Waals surface area contributed by atoms with Crippen LogP contribution in [0.2, 0.25) is 0 Å². The van der Waals surface area contributed by atoms with Crippen LogP contribution in [0.3, 0.4) is 0 Å². The average Bonchev–Trinajstić information content (AvgIpc) is 3.26. The molecule has 6 nitrogen and oxygen atoms in total. The molecule has 0 spiro atoms. The van der Waals surface area contributed by atoms with E-state index in [9.17, 15) is 5.11 Å². The van der Waals surface area contributed by atoms with E-state index in [2.05, 4.69) is 46.3 Å². The van der Waals surface area contributed by atoms with Crippen LogP contribution in [0.25, 0.3) is 0 Å². The zero-order valence-corrected chi connectivity index (χ0v) is 17.7. The van der Waals surface area contributed by atoms with Crippen molar-refractivity contribution in [1.29, 1.82) is 0 Å². The van der Waals surface area contributed by atoms with E-state index in [4.69, 9.17) is 9.73 Å². The molecule has 160 valence electrons. The van der Waals surface area contributed by atoms with Crippen LogP contribution in [-0.4, -0.2) is 61.8 Å². The SMILES string of the molecule is CCNC(=NCC1CCOC1c1ccccc1)N1CCN(c2ccccc2O)CC1. The molecule has 0 radical (unpaired) electrons. The van der Waals surface area contributed by atoms with Gasteiger partial charge >= 0.3 is 0 Å². The summed E-state index contributed by atoms with van der Waals surface area (Å²) >= 11 is 0. The van der Waals surface area contributed by atoms with Gasteiger partial charge in [-0.3, -0.25) is 4.99 Å². The number of nitrogens with zero attached hydrogens (tertiary/aromatic N) is 3. The summed E-state index contributed by atoms with van der Waals surface area (Å²) in [7, 11) is 0. The number of nitrogens with one attached hydrogen (secondary N) is 1. The summed E-state index contributed by atoms with van der Waals surface area (Å²) in [6, 6.07) is 18.1. The van der Waals surface area contributed by atoms with Crippen molar-refractivity contribution in [3.8, 4) is 5.75 Å². The number of phenols is 1. The molecule has 2 aromatic rings. The topological polar surface area (TPSA) is 60.3 Å². The molecule has 2 aromatic carbocycles. The van der Waals surface area contributed by atoms with Crippen molar-refractivity contribution < 1.29 is 9.84 Å². The van der Waals surface area contributed by atoms with Gasteiger partial charge < -0.3 is 25.0 Å². The first-order valence-corrected chi connectivity index (χ1v) is 11.0. The van der Waals surface area contributed by atoms with Gasteiger partial charge in [-0.05, 0) is 31.0 Å². The Kier molecular flexibility index (Phi) is 6.74. The van der Waals surface area contributed by atoms with Crippen LogP contribution in [-0.2, 0) is 4.74 Å². The van der Waals surface area contributed by atoms with E-state index >= 15 is 0 Å². The maximum atomic E-state index is 10.1. The molecule has 0 aliphatic carbocycles. The number of anilines is 1. The largest absolute Gasteiger partial charge is 0.506 e. The minimum Gasteiger partial charge on any atom is -0.506 e. The van der Waals surface area contributed by atoms with Crippen LogP contribution in [0.15, 0.2) is 59.6 Å². The van der Waals surface area contributed by atoms with Gasteiger partial charge in [0.2, 0.25) is 0 Å². The summed E-state index contributed by atoms with van der Waals surface area (Å²) in [5.74, 6) is 1.73. The fourth-order valence-corrected chi connectivity index (χ4v) is 4.35. The number of hydrogen-bond donors (Lipinski definition) is 2. The Morgan fingerprint density at radius 3 is 2.53 bits per heavy atom. The molecule has 4 rings (SSSR count). The van der Waals surface area contributed by atoms with E-state index in [0.29, 0.717) is 11.7 Å². The second kappa shape index (κ2) is 9.85. The number of para-hydroxylation sites is 2. The van der Waals surface area contributed by atoms with Crippen molar-refractivity contribution in [2.45, 2.75) is 19.4 Å². The molecule has 0 saturated carbocycles. The second-order valence-corrected chi connectivity index (χ2v) is 7.91. The lowest BCUT2D eigenvalue weighted by Crippen LogP contribution is -2.52. The predicted molar refractivity (Wildman–Crippen MR) is 121 cm³/mol. The molecule has 2 N–H and O–H groups in total. The summed E-state index contributed by atoms with van der Waals surface area (Å²) < 4.78 is 6.03. The standard InChI is InChI=1S/C24H32N4O2/c1-2-25-24(26-18-20-12-17-30-23(20)19-8-4-3-5-9-19)28-15-13-27(14-16-28)21-10-6-7-11-22(21)29/h3-11,20,23,29H,2,12-18H2,1H3,(H,25,26). The van der Waals surface area contributed by atoms with Gasteiger partial charge in [0.1, 0.15) is 5.75 Å². The van der Waals surface area contributed by atoms with E-state index in [1.807, 2.05) is 24.3 Å². The first-order chi connectivity index (χ1) is 14.8. The van der Waals surface area contributed by atoms with E-state index < -0.39 is 0 Å². The monoisotopic (exact) mass is 408 g/mol. The molecule has 2 fully saturated rings. The minimum atomic E-state index is 0.135. The zero-order valence-electron chi connectivity index (χ0n) is 17.7. The molecule has 2 heterocycles. The van der Waals surface area contributed by atoms with Crippen LogP contribution in [0.1, 0.15) is 25.0 Å². The summed E-state index contributed by atoms with van der Waals surface area (Å²) in [4.78, 5) is 9.56. The van der Waals surface area contributed by atoms with Crippen molar-refractivity contribution in [2.75, 3.05) is 50.8 Å². The third-order valence-electron chi connectivity index (χ3n) is 5.95. The molecule has 6 heteroatoms. The molecule has 30 heavy (non-hydrogen) atoms. The Balaban J connectivity index is 1.39. The van der Waals surface area contributed by atoms with Gasteiger partial charge in [-0.1, -0.05) is 42.5 Å².